The molecule has 0 radical (unpaired) electrons. The third-order valence-corrected chi connectivity index (χ3v) is 6.71. The number of likely N-dealkylation sites (N-methyl/N-ethyl adjacent to an activating group) is 1. The fourth-order valence-electron chi connectivity index (χ4n) is 4.90. The van der Waals surface area contributed by atoms with Gasteiger partial charge in [0, 0.05) is 25.7 Å². The van der Waals surface area contributed by atoms with E-state index in [-0.39, 0.29) is 37.9 Å². The summed E-state index contributed by atoms with van der Waals surface area (Å²) >= 11 is 0. The van der Waals surface area contributed by atoms with Crippen molar-refractivity contribution < 1.29 is 29.0 Å². The molecule has 4 rings (SSSR count). The normalized spacial score (nSPS) is 16.3. The van der Waals surface area contributed by atoms with E-state index in [1.54, 1.807) is 6.92 Å². The molecule has 180 valence electrons. The first kappa shape index (κ1) is 23.8. The summed E-state index contributed by atoms with van der Waals surface area (Å²) in [4.78, 5) is 38.1. The maximum Gasteiger partial charge on any atom is 0.407 e. The van der Waals surface area contributed by atoms with Crippen LogP contribution in [0.5, 0.6) is 0 Å². The van der Waals surface area contributed by atoms with Gasteiger partial charge in [-0.05, 0) is 42.0 Å². The third-order valence-electron chi connectivity index (χ3n) is 6.71. The predicted molar refractivity (Wildman–Crippen MR) is 125 cm³/mol. The zero-order chi connectivity index (χ0) is 24.1. The number of carboxylic acid groups (broad SMARTS) is 1. The van der Waals surface area contributed by atoms with Crippen molar-refractivity contribution in [2.45, 2.75) is 37.6 Å². The molecule has 2 aliphatic rings. The van der Waals surface area contributed by atoms with Crippen LogP contribution in [0.15, 0.2) is 48.5 Å². The number of hydrogen-bond acceptors (Lipinski definition) is 5. The van der Waals surface area contributed by atoms with E-state index in [0.29, 0.717) is 26.1 Å². The van der Waals surface area contributed by atoms with Crippen molar-refractivity contribution >= 4 is 18.0 Å². The second-order valence-electron chi connectivity index (χ2n) is 8.82. The van der Waals surface area contributed by atoms with Crippen molar-refractivity contribution in [3.8, 4) is 11.1 Å². The summed E-state index contributed by atoms with van der Waals surface area (Å²) in [6, 6.07) is 16.2. The molecule has 8 nitrogen and oxygen atoms in total. The van der Waals surface area contributed by atoms with Gasteiger partial charge in [0.05, 0.1) is 12.0 Å². The lowest BCUT2D eigenvalue weighted by molar-refractivity contribution is -0.145. The number of ether oxygens (including phenoxy) is 2. The van der Waals surface area contributed by atoms with E-state index in [9.17, 15) is 14.4 Å². The van der Waals surface area contributed by atoms with Crippen LogP contribution in [-0.2, 0) is 19.1 Å². The Morgan fingerprint density at radius 3 is 2.21 bits per heavy atom. The van der Waals surface area contributed by atoms with Crippen LogP contribution in [0, 0.1) is 0 Å². The fraction of sp³-hybridized carbons (Fsp3) is 0.423. The summed E-state index contributed by atoms with van der Waals surface area (Å²) in [6.07, 6.45) is 0.320. The Hall–Kier alpha value is -3.39. The van der Waals surface area contributed by atoms with Crippen molar-refractivity contribution in [1.29, 1.82) is 0 Å². The molecule has 0 bridgehead atoms. The number of rotatable bonds is 8. The van der Waals surface area contributed by atoms with Crippen LogP contribution >= 0.6 is 0 Å². The molecule has 2 aromatic rings. The monoisotopic (exact) mass is 466 g/mol. The minimum Gasteiger partial charge on any atom is -0.480 e. The zero-order valence-electron chi connectivity index (χ0n) is 19.3. The van der Waals surface area contributed by atoms with Crippen LogP contribution in [0.4, 0.5) is 4.79 Å². The second kappa shape index (κ2) is 10.3. The van der Waals surface area contributed by atoms with Gasteiger partial charge in [-0.1, -0.05) is 48.5 Å². The number of aliphatic carboxylic acids is 1. The molecule has 1 aliphatic heterocycles. The van der Waals surface area contributed by atoms with E-state index in [0.717, 1.165) is 22.3 Å². The van der Waals surface area contributed by atoms with Gasteiger partial charge in [0.25, 0.3) is 0 Å². The van der Waals surface area contributed by atoms with Gasteiger partial charge >= 0.3 is 12.1 Å². The molecule has 34 heavy (non-hydrogen) atoms. The molecule has 0 unspecified atom stereocenters. The van der Waals surface area contributed by atoms with Crippen molar-refractivity contribution in [3.05, 3.63) is 59.7 Å². The molecule has 1 saturated heterocycles. The summed E-state index contributed by atoms with van der Waals surface area (Å²) in [7, 11) is 0. The molecule has 2 amide bonds. The fourth-order valence-corrected chi connectivity index (χ4v) is 4.90. The van der Waals surface area contributed by atoms with Crippen LogP contribution in [0.2, 0.25) is 0 Å². The maximum absolute atomic E-state index is 12.9. The largest absolute Gasteiger partial charge is 0.480 e. The zero-order valence-corrected chi connectivity index (χ0v) is 19.3. The Balaban J connectivity index is 1.44. The standard InChI is InChI=1S/C26H30N2O6/c1-2-28(16-24(30)31)23(29)15-26(11-13-33-14-12-26)27-25(32)34-17-22-20-9-5-3-7-18(20)19-8-4-6-10-21(19)22/h3-10,22H,2,11-17H2,1H3,(H,27,32)(H,30,31). The molecular formula is C26H30N2O6. The highest BCUT2D eigenvalue weighted by Crippen LogP contribution is 2.44. The quantitative estimate of drug-likeness (QED) is 0.618. The number of carboxylic acids is 1. The Kier molecular flexibility index (Phi) is 7.17. The minimum absolute atomic E-state index is 0.00166. The average Bonchev–Trinajstić information content (AvgIpc) is 3.15. The van der Waals surface area contributed by atoms with Crippen LogP contribution < -0.4 is 5.32 Å². The molecule has 2 N–H and O–H groups in total. The lowest BCUT2D eigenvalue weighted by Crippen LogP contribution is -2.55. The highest BCUT2D eigenvalue weighted by atomic mass is 16.5. The minimum atomic E-state index is -1.07. The first-order chi connectivity index (χ1) is 16.4. The number of alkyl carbamates (subject to hydrolysis) is 1. The summed E-state index contributed by atoms with van der Waals surface area (Å²) in [5, 5.41) is 12.0. The van der Waals surface area contributed by atoms with Gasteiger partial charge in [0.1, 0.15) is 13.2 Å². The Morgan fingerprint density at radius 1 is 1.06 bits per heavy atom. The van der Waals surface area contributed by atoms with E-state index in [2.05, 4.69) is 29.6 Å². The molecule has 2 aromatic carbocycles. The van der Waals surface area contributed by atoms with Crippen molar-refractivity contribution in [1.82, 2.24) is 10.2 Å². The molecule has 0 spiro atoms. The Bertz CT molecular complexity index is 1020. The number of hydrogen-bond donors (Lipinski definition) is 2. The van der Waals surface area contributed by atoms with Gasteiger partial charge in [-0.25, -0.2) is 4.79 Å². The molecule has 8 heteroatoms. The molecular weight excluding hydrogens is 436 g/mol. The molecule has 0 aromatic heterocycles. The van der Waals surface area contributed by atoms with E-state index >= 15 is 0 Å². The SMILES string of the molecule is CCN(CC(=O)O)C(=O)CC1(NC(=O)OCC2c3ccccc3-c3ccccc32)CCOCC1. The average molecular weight is 467 g/mol. The number of fused-ring (bicyclic) bond motifs is 3. The van der Waals surface area contributed by atoms with Crippen molar-refractivity contribution in [2.24, 2.45) is 0 Å². The van der Waals surface area contributed by atoms with Gasteiger partial charge in [-0.3, -0.25) is 9.59 Å². The lowest BCUT2D eigenvalue weighted by atomic mass is 9.86. The molecule has 1 aliphatic carbocycles. The van der Waals surface area contributed by atoms with Crippen LogP contribution in [0.1, 0.15) is 43.2 Å². The number of benzene rings is 2. The van der Waals surface area contributed by atoms with E-state index in [1.165, 1.54) is 4.90 Å². The summed E-state index contributed by atoms with van der Waals surface area (Å²) < 4.78 is 11.1. The predicted octanol–water partition coefficient (Wildman–Crippen LogP) is 3.40. The first-order valence-corrected chi connectivity index (χ1v) is 11.6. The summed E-state index contributed by atoms with van der Waals surface area (Å²) in [5.41, 5.74) is 3.72. The van der Waals surface area contributed by atoms with Crippen LogP contribution in [-0.4, -0.2) is 66.4 Å². The van der Waals surface area contributed by atoms with Gasteiger partial charge < -0.3 is 24.8 Å². The topological polar surface area (TPSA) is 105 Å². The Morgan fingerprint density at radius 2 is 1.65 bits per heavy atom. The Labute approximate surface area is 198 Å². The molecule has 0 atom stereocenters. The highest BCUT2D eigenvalue weighted by Gasteiger charge is 2.38. The number of carbonyl (C=O) groups is 3. The first-order valence-electron chi connectivity index (χ1n) is 11.6. The number of carbonyl (C=O) groups excluding carboxylic acids is 2. The lowest BCUT2D eigenvalue weighted by Gasteiger charge is -2.38. The van der Waals surface area contributed by atoms with Gasteiger partial charge in [-0.2, -0.15) is 0 Å². The van der Waals surface area contributed by atoms with Crippen LogP contribution in [0.3, 0.4) is 0 Å². The van der Waals surface area contributed by atoms with E-state index in [1.807, 2.05) is 24.3 Å². The number of nitrogens with one attached hydrogen (secondary N) is 1. The number of nitrogens with zero attached hydrogens (tertiary/aromatic N) is 1. The van der Waals surface area contributed by atoms with Gasteiger partial charge in [-0.15, -0.1) is 0 Å². The smallest absolute Gasteiger partial charge is 0.407 e. The van der Waals surface area contributed by atoms with Crippen molar-refractivity contribution in [3.63, 3.8) is 0 Å². The number of amides is 2. The van der Waals surface area contributed by atoms with Gasteiger partial charge in [0.15, 0.2) is 0 Å². The second-order valence-corrected chi connectivity index (χ2v) is 8.82. The molecule has 0 saturated carbocycles. The highest BCUT2D eigenvalue weighted by molar-refractivity contribution is 5.83. The maximum atomic E-state index is 12.9. The third kappa shape index (κ3) is 5.07. The molecule has 1 fully saturated rings. The van der Waals surface area contributed by atoms with Gasteiger partial charge in [0.2, 0.25) is 5.91 Å². The van der Waals surface area contributed by atoms with Crippen molar-refractivity contribution in [2.75, 3.05) is 32.9 Å². The molecule has 1 heterocycles. The van der Waals surface area contributed by atoms with E-state index in [4.69, 9.17) is 14.6 Å². The van der Waals surface area contributed by atoms with E-state index < -0.39 is 17.6 Å². The summed E-state index contributed by atoms with van der Waals surface area (Å²) in [6.45, 7) is 2.64. The summed E-state index contributed by atoms with van der Waals surface area (Å²) in [5.74, 6) is -1.44. The van der Waals surface area contributed by atoms with Crippen LogP contribution in [0.25, 0.3) is 11.1 Å².